The van der Waals surface area contributed by atoms with Crippen molar-refractivity contribution in [2.75, 3.05) is 5.75 Å². The lowest BCUT2D eigenvalue weighted by molar-refractivity contribution is -0.122. The van der Waals surface area contributed by atoms with Crippen LogP contribution in [0.25, 0.3) is 0 Å². The highest BCUT2D eigenvalue weighted by Gasteiger charge is 2.24. The summed E-state index contributed by atoms with van der Waals surface area (Å²) in [6, 6.07) is -1.07. The third kappa shape index (κ3) is 24.0. The minimum Gasteiger partial charge on any atom is -0.387 e. The Hall–Kier alpha value is -1.44. The van der Waals surface area contributed by atoms with E-state index in [1.54, 1.807) is 6.08 Å². The number of rotatable bonds is 23. The lowest BCUT2D eigenvalue weighted by atomic mass is 10.1. The molecule has 2 atom stereocenters. The Labute approximate surface area is 215 Å². The molecule has 0 aromatic rings. The van der Waals surface area contributed by atoms with Crippen molar-refractivity contribution in [3.63, 3.8) is 0 Å². The van der Waals surface area contributed by atoms with Gasteiger partial charge in [-0.05, 0) is 38.5 Å². The van der Waals surface area contributed by atoms with Crippen molar-refractivity contribution in [1.82, 2.24) is 5.32 Å². The minimum absolute atomic E-state index is 0.285. The lowest BCUT2D eigenvalue weighted by Gasteiger charge is -2.21. The minimum atomic E-state index is -4.34. The summed E-state index contributed by atoms with van der Waals surface area (Å²) in [5, 5.41) is 13.0. The molecule has 0 heterocycles. The fourth-order valence-electron chi connectivity index (χ4n) is 3.78. The monoisotopic (exact) mass is 513 g/mol. The zero-order chi connectivity index (χ0) is 26.2. The van der Waals surface area contributed by atoms with Gasteiger partial charge in [0.05, 0.1) is 17.9 Å². The van der Waals surface area contributed by atoms with Gasteiger partial charge in [0.1, 0.15) is 0 Å². The molecule has 0 spiro atoms. The molecule has 0 aliphatic rings. The summed E-state index contributed by atoms with van der Waals surface area (Å²) in [5.74, 6) is -1.02. The van der Waals surface area contributed by atoms with Crippen molar-refractivity contribution in [1.29, 1.82) is 0 Å². The second-order valence-electron chi connectivity index (χ2n) is 9.28. The molecule has 0 aliphatic heterocycles. The van der Waals surface area contributed by atoms with Crippen molar-refractivity contribution in [3.05, 3.63) is 36.5 Å². The number of hydrogen-bond acceptors (Lipinski definition) is 4. The van der Waals surface area contributed by atoms with Crippen molar-refractivity contribution >= 4 is 16.0 Å². The number of nitrogens with one attached hydrogen (secondary N) is 1. The van der Waals surface area contributed by atoms with Crippen molar-refractivity contribution in [2.24, 2.45) is 0 Å². The average molecular weight is 514 g/mol. The summed E-state index contributed by atoms with van der Waals surface area (Å²) in [7, 11) is -4.34. The Balaban J connectivity index is 4.25. The number of allylic oxidation sites excluding steroid dienone is 5. The van der Waals surface area contributed by atoms with Crippen LogP contribution in [0.5, 0.6) is 0 Å². The Morgan fingerprint density at radius 3 is 1.77 bits per heavy atom. The Kier molecular flexibility index (Phi) is 22.0. The molecule has 0 saturated heterocycles. The van der Waals surface area contributed by atoms with Crippen LogP contribution in [0.2, 0.25) is 0 Å². The molecule has 1 amide bonds. The van der Waals surface area contributed by atoms with Crippen LogP contribution in [-0.2, 0) is 14.9 Å². The number of carbonyl (C=O) groups is 1. The molecule has 3 N–H and O–H groups in total. The third-order valence-electron chi connectivity index (χ3n) is 5.81. The molecule has 0 aromatic heterocycles. The second kappa shape index (κ2) is 23.0. The molecule has 0 saturated carbocycles. The highest BCUT2D eigenvalue weighted by Crippen LogP contribution is 2.11. The van der Waals surface area contributed by atoms with Crippen LogP contribution in [0.3, 0.4) is 0 Å². The van der Waals surface area contributed by atoms with Crippen molar-refractivity contribution < 1.29 is 22.9 Å². The van der Waals surface area contributed by atoms with E-state index in [0.29, 0.717) is 6.42 Å². The number of hydrogen-bond donors (Lipinski definition) is 3. The van der Waals surface area contributed by atoms with Crippen LogP contribution in [0.4, 0.5) is 0 Å². The summed E-state index contributed by atoms with van der Waals surface area (Å²) in [6.45, 7) is 4.32. The van der Waals surface area contributed by atoms with Gasteiger partial charge in [-0.1, -0.05) is 108 Å². The van der Waals surface area contributed by atoms with Crippen molar-refractivity contribution in [2.45, 2.75) is 129 Å². The first-order chi connectivity index (χ1) is 16.8. The van der Waals surface area contributed by atoms with E-state index in [1.165, 1.54) is 51.0 Å². The van der Waals surface area contributed by atoms with Crippen LogP contribution >= 0.6 is 0 Å². The molecule has 2 unspecified atom stereocenters. The molecule has 7 heteroatoms. The van der Waals surface area contributed by atoms with Gasteiger partial charge in [0.15, 0.2) is 0 Å². The van der Waals surface area contributed by atoms with E-state index in [0.717, 1.165) is 44.9 Å². The molecular weight excluding hydrogens is 462 g/mol. The first-order valence-electron chi connectivity index (χ1n) is 13.7. The van der Waals surface area contributed by atoms with Gasteiger partial charge in [0, 0.05) is 6.42 Å². The van der Waals surface area contributed by atoms with Crippen LogP contribution in [-0.4, -0.2) is 41.9 Å². The number of amides is 1. The molecular formula is C28H51NO5S. The number of carbonyl (C=O) groups excluding carboxylic acids is 1. The van der Waals surface area contributed by atoms with E-state index in [9.17, 15) is 22.9 Å². The first-order valence-corrected chi connectivity index (χ1v) is 15.3. The van der Waals surface area contributed by atoms with Gasteiger partial charge in [0.2, 0.25) is 5.91 Å². The highest BCUT2D eigenvalue weighted by molar-refractivity contribution is 7.85. The quantitative estimate of drug-likeness (QED) is 0.0804. The molecule has 0 bridgehead atoms. The predicted octanol–water partition coefficient (Wildman–Crippen LogP) is 6.67. The molecule has 204 valence electrons. The van der Waals surface area contributed by atoms with Crippen LogP contribution in [0.15, 0.2) is 36.5 Å². The zero-order valence-corrected chi connectivity index (χ0v) is 23.0. The largest absolute Gasteiger partial charge is 0.387 e. The highest BCUT2D eigenvalue weighted by atomic mass is 32.2. The van der Waals surface area contributed by atoms with E-state index < -0.39 is 28.0 Å². The Morgan fingerprint density at radius 1 is 0.771 bits per heavy atom. The first kappa shape index (κ1) is 33.6. The smallest absolute Gasteiger partial charge is 0.267 e. The predicted molar refractivity (Wildman–Crippen MR) is 147 cm³/mol. The third-order valence-corrected chi connectivity index (χ3v) is 6.59. The molecule has 0 radical (unpaired) electrons. The Morgan fingerprint density at radius 2 is 1.26 bits per heavy atom. The summed E-state index contributed by atoms with van der Waals surface area (Å²) in [6.07, 6.45) is 27.1. The average Bonchev–Trinajstić information content (AvgIpc) is 2.80. The summed E-state index contributed by atoms with van der Waals surface area (Å²) in [4.78, 5) is 12.3. The van der Waals surface area contributed by atoms with Crippen LogP contribution < -0.4 is 5.32 Å². The maximum atomic E-state index is 12.3. The molecule has 35 heavy (non-hydrogen) atoms. The number of aliphatic hydroxyl groups is 1. The van der Waals surface area contributed by atoms with E-state index in [2.05, 4.69) is 43.5 Å². The fourth-order valence-corrected chi connectivity index (χ4v) is 4.51. The maximum Gasteiger partial charge on any atom is 0.267 e. The van der Waals surface area contributed by atoms with Gasteiger partial charge >= 0.3 is 0 Å². The normalized spacial score (nSPS) is 14.3. The lowest BCUT2D eigenvalue weighted by Crippen LogP contribution is -2.46. The van der Waals surface area contributed by atoms with Gasteiger partial charge in [-0.3, -0.25) is 9.35 Å². The molecule has 6 nitrogen and oxygen atoms in total. The van der Waals surface area contributed by atoms with Gasteiger partial charge in [-0.25, -0.2) is 0 Å². The second-order valence-corrected chi connectivity index (χ2v) is 10.8. The van der Waals surface area contributed by atoms with E-state index in [-0.39, 0.29) is 12.3 Å². The van der Waals surface area contributed by atoms with E-state index in [1.807, 2.05) is 0 Å². The number of aliphatic hydroxyl groups excluding tert-OH is 1. The van der Waals surface area contributed by atoms with Crippen molar-refractivity contribution in [3.8, 4) is 0 Å². The number of unbranched alkanes of at least 4 members (excludes halogenated alkanes) is 11. The molecule has 0 aliphatic carbocycles. The van der Waals surface area contributed by atoms with Crippen LogP contribution in [0.1, 0.15) is 117 Å². The SMILES string of the molecule is CC/C=C/CC/C=C/CC/C=C/C(O)C(CS(=O)(=O)O)NC(=O)CCCCCCCCCCCC. The molecule has 0 fully saturated rings. The van der Waals surface area contributed by atoms with E-state index >= 15 is 0 Å². The fraction of sp³-hybridized carbons (Fsp3) is 0.750. The van der Waals surface area contributed by atoms with Gasteiger partial charge in [0.25, 0.3) is 10.1 Å². The standard InChI is InChI=1S/C28H51NO5S/c1-3-5-7-9-11-13-15-17-19-21-23-27(30)26(25-35(32,33)34)29-28(31)24-22-20-18-16-14-12-10-8-6-4-2/h5,7,13,15,21,23,26-27,30H,3-4,6,8-12,14,16-20,22,24-25H2,1-2H3,(H,29,31)(H,32,33,34)/b7-5+,15-13+,23-21+. The zero-order valence-electron chi connectivity index (χ0n) is 22.2. The van der Waals surface area contributed by atoms with Gasteiger partial charge in [-0.15, -0.1) is 0 Å². The van der Waals surface area contributed by atoms with Crippen LogP contribution in [0, 0.1) is 0 Å². The van der Waals surface area contributed by atoms with E-state index in [4.69, 9.17) is 0 Å². The molecule has 0 aromatic carbocycles. The van der Waals surface area contributed by atoms with Gasteiger partial charge < -0.3 is 10.4 Å². The Bertz CT molecular complexity index is 700. The van der Waals surface area contributed by atoms with Gasteiger partial charge in [-0.2, -0.15) is 8.42 Å². The maximum absolute atomic E-state index is 12.3. The summed E-state index contributed by atoms with van der Waals surface area (Å²) >= 11 is 0. The molecule has 0 rings (SSSR count). The topological polar surface area (TPSA) is 104 Å². The summed E-state index contributed by atoms with van der Waals surface area (Å²) < 4.78 is 32.0. The summed E-state index contributed by atoms with van der Waals surface area (Å²) in [5.41, 5.74) is 0.